The van der Waals surface area contributed by atoms with Crippen molar-refractivity contribution in [3.63, 3.8) is 0 Å². The van der Waals surface area contributed by atoms with E-state index in [2.05, 4.69) is 27.6 Å². The van der Waals surface area contributed by atoms with Crippen LogP contribution in [0.15, 0.2) is 78.0 Å². The zero-order chi connectivity index (χ0) is 29.3. The molecule has 2 fully saturated rings. The number of carbonyl (C=O) groups excluding carboxylic acids is 1. The van der Waals surface area contributed by atoms with Gasteiger partial charge in [-0.05, 0) is 55.7 Å². The van der Waals surface area contributed by atoms with Gasteiger partial charge in [0.1, 0.15) is 10.6 Å². The van der Waals surface area contributed by atoms with Crippen molar-refractivity contribution in [2.75, 3.05) is 35.3 Å². The van der Waals surface area contributed by atoms with E-state index in [1.807, 2.05) is 24.3 Å². The van der Waals surface area contributed by atoms with E-state index in [-0.39, 0.29) is 6.04 Å². The van der Waals surface area contributed by atoms with Crippen LogP contribution in [0.2, 0.25) is 0 Å². The van der Waals surface area contributed by atoms with Gasteiger partial charge < -0.3 is 20.3 Å². The minimum absolute atomic E-state index is 0.125. The van der Waals surface area contributed by atoms with E-state index in [4.69, 9.17) is 14.7 Å². The topological polar surface area (TPSA) is 131 Å². The molecule has 1 atom stereocenters. The highest BCUT2D eigenvalue weighted by molar-refractivity contribution is 7.92. The first-order valence-corrected chi connectivity index (χ1v) is 15.5. The Kier molecular flexibility index (Phi) is 7.42. The fraction of sp³-hybridized carbons (Fsp3) is 0.333. The number of ether oxygens (including phenoxy) is 1. The van der Waals surface area contributed by atoms with Crippen LogP contribution in [0.3, 0.4) is 0 Å². The molecule has 11 nitrogen and oxygen atoms in total. The molecule has 0 spiro atoms. The van der Waals surface area contributed by atoms with Crippen LogP contribution in [0, 0.1) is 0 Å². The molecule has 2 aromatic heterocycles. The van der Waals surface area contributed by atoms with E-state index in [0.29, 0.717) is 71.8 Å². The van der Waals surface area contributed by atoms with Crippen molar-refractivity contribution in [1.82, 2.24) is 19.7 Å². The second kappa shape index (κ2) is 11.2. The molecule has 2 N–H and O–H groups in total. The maximum Gasteiger partial charge on any atom is 0.323 e. The molecule has 0 unspecified atom stereocenters. The summed E-state index contributed by atoms with van der Waals surface area (Å²) < 4.78 is 34.0. The summed E-state index contributed by atoms with van der Waals surface area (Å²) >= 11 is 0. The second-order valence-electron chi connectivity index (χ2n) is 10.6. The molecule has 1 aliphatic carbocycles. The lowest BCUT2D eigenvalue weighted by molar-refractivity contribution is 0.0925. The summed E-state index contributed by atoms with van der Waals surface area (Å²) in [5.41, 5.74) is 2.38. The van der Waals surface area contributed by atoms with Crippen LogP contribution in [-0.4, -0.2) is 60.0 Å². The van der Waals surface area contributed by atoms with Crippen LogP contribution in [-0.2, 0) is 26.4 Å². The average molecular weight is 588 g/mol. The Morgan fingerprint density at radius 1 is 1.05 bits per heavy atom. The molecular formula is C30H33N7O4S. The largest absolute Gasteiger partial charge is 0.377 e. The van der Waals surface area contributed by atoms with E-state index in [1.165, 1.54) is 0 Å². The minimum atomic E-state index is -3.68. The van der Waals surface area contributed by atoms with Gasteiger partial charge in [-0.1, -0.05) is 25.1 Å². The highest BCUT2D eigenvalue weighted by Crippen LogP contribution is 2.55. The van der Waals surface area contributed by atoms with Crippen molar-refractivity contribution in [2.24, 2.45) is 7.05 Å². The maximum atomic E-state index is 13.9. The van der Waals surface area contributed by atoms with Gasteiger partial charge in [0, 0.05) is 37.1 Å². The Morgan fingerprint density at radius 2 is 1.79 bits per heavy atom. The van der Waals surface area contributed by atoms with Gasteiger partial charge in [-0.15, -0.1) is 0 Å². The molecule has 3 heterocycles. The van der Waals surface area contributed by atoms with Crippen molar-refractivity contribution in [1.29, 1.82) is 0 Å². The van der Waals surface area contributed by atoms with Gasteiger partial charge in [0.25, 0.3) is 0 Å². The first-order chi connectivity index (χ1) is 20.3. The van der Waals surface area contributed by atoms with Crippen molar-refractivity contribution >= 4 is 33.1 Å². The zero-order valence-electron chi connectivity index (χ0n) is 23.5. The summed E-state index contributed by atoms with van der Waals surface area (Å²) in [7, 11) is -1.91. The fourth-order valence-electron chi connectivity index (χ4n) is 5.32. The highest BCUT2D eigenvalue weighted by atomic mass is 32.2. The van der Waals surface area contributed by atoms with Crippen molar-refractivity contribution in [2.45, 2.75) is 41.9 Å². The molecule has 4 aromatic rings. The molecule has 1 saturated carbocycles. The Hall–Kier alpha value is -4.29. The van der Waals surface area contributed by atoms with E-state index < -0.39 is 20.6 Å². The zero-order valence-corrected chi connectivity index (χ0v) is 24.3. The number of rotatable bonds is 8. The van der Waals surface area contributed by atoms with E-state index >= 15 is 0 Å². The smallest absolute Gasteiger partial charge is 0.323 e. The molecule has 2 aliphatic rings. The van der Waals surface area contributed by atoms with Crippen molar-refractivity contribution < 1.29 is 17.9 Å². The Balaban J connectivity index is 1.34. The fourth-order valence-corrected chi connectivity index (χ4v) is 7.31. The third-order valence-electron chi connectivity index (χ3n) is 7.81. The molecular weight excluding hydrogens is 554 g/mol. The van der Waals surface area contributed by atoms with Gasteiger partial charge >= 0.3 is 6.03 Å². The standard InChI is InChI=1S/C30H33N7O4S/c1-3-24-20-41-16-15-37(24)27-17-26(30(13-14-30)42(39,40)25-7-5-4-6-8-25)34-28(35-27)21-9-11-22(12-10-21)32-29(38)33-23-18-31-36(2)19-23/h4-12,17-19,24H,3,13-16,20H2,1-2H3,(H2,32,33,38)/t24-/m0/s1. The van der Waals surface area contributed by atoms with Gasteiger partial charge in [-0.25, -0.2) is 23.2 Å². The molecule has 1 aliphatic heterocycles. The molecule has 1 saturated heterocycles. The third kappa shape index (κ3) is 5.35. The summed E-state index contributed by atoms with van der Waals surface area (Å²) in [5.74, 6) is 1.13. The van der Waals surface area contributed by atoms with Crippen LogP contribution < -0.4 is 15.5 Å². The molecule has 12 heteroatoms. The Bertz CT molecular complexity index is 1690. The first-order valence-electron chi connectivity index (χ1n) is 14.0. The molecule has 0 bridgehead atoms. The minimum Gasteiger partial charge on any atom is -0.377 e. The number of nitrogens with one attached hydrogen (secondary N) is 2. The number of amides is 2. The van der Waals surface area contributed by atoms with E-state index in [9.17, 15) is 13.2 Å². The number of carbonyl (C=O) groups is 1. The maximum absolute atomic E-state index is 13.9. The predicted molar refractivity (Wildman–Crippen MR) is 160 cm³/mol. The molecule has 42 heavy (non-hydrogen) atoms. The lowest BCUT2D eigenvalue weighted by Crippen LogP contribution is -2.45. The van der Waals surface area contributed by atoms with Crippen LogP contribution in [0.4, 0.5) is 22.0 Å². The number of hydrogen-bond acceptors (Lipinski definition) is 8. The summed E-state index contributed by atoms with van der Waals surface area (Å²) in [4.78, 5) is 24.7. The number of benzene rings is 2. The Labute approximate surface area is 244 Å². The SMILES string of the molecule is CC[C@H]1COCCN1c1cc(C2(S(=O)(=O)c3ccccc3)CC2)nc(-c2ccc(NC(=O)Nc3cnn(C)c3)cc2)n1. The monoisotopic (exact) mass is 587 g/mol. The highest BCUT2D eigenvalue weighted by Gasteiger charge is 2.58. The molecule has 6 rings (SSSR count). The molecule has 2 amide bonds. The van der Waals surface area contributed by atoms with Gasteiger partial charge in [0.05, 0.1) is 41.7 Å². The lowest BCUT2D eigenvalue weighted by atomic mass is 10.1. The average Bonchev–Trinajstić information content (AvgIpc) is 3.75. The van der Waals surface area contributed by atoms with Gasteiger partial charge in [-0.2, -0.15) is 5.10 Å². The first kappa shape index (κ1) is 27.9. The summed E-state index contributed by atoms with van der Waals surface area (Å²) in [5, 5.41) is 9.59. The Morgan fingerprint density at radius 3 is 2.45 bits per heavy atom. The van der Waals surface area contributed by atoms with Crippen molar-refractivity contribution in [3.8, 4) is 11.4 Å². The predicted octanol–water partition coefficient (Wildman–Crippen LogP) is 4.60. The van der Waals surface area contributed by atoms with E-state index in [0.717, 1.165) is 6.42 Å². The van der Waals surface area contributed by atoms with Crippen LogP contribution in [0.1, 0.15) is 31.9 Å². The van der Waals surface area contributed by atoms with Gasteiger partial charge in [0.15, 0.2) is 15.7 Å². The van der Waals surface area contributed by atoms with Gasteiger partial charge in [0.2, 0.25) is 0 Å². The van der Waals surface area contributed by atoms with Crippen LogP contribution in [0.25, 0.3) is 11.4 Å². The van der Waals surface area contributed by atoms with Gasteiger partial charge in [-0.3, -0.25) is 4.68 Å². The number of aromatic nitrogens is 4. The lowest BCUT2D eigenvalue weighted by Gasteiger charge is -2.36. The quantitative estimate of drug-likeness (QED) is 0.306. The molecule has 218 valence electrons. The molecule has 0 radical (unpaired) electrons. The number of morpholine rings is 1. The van der Waals surface area contributed by atoms with E-state index in [1.54, 1.807) is 60.5 Å². The number of urea groups is 1. The number of nitrogens with zero attached hydrogens (tertiary/aromatic N) is 5. The van der Waals surface area contributed by atoms with Crippen LogP contribution >= 0.6 is 0 Å². The number of anilines is 3. The summed E-state index contributed by atoms with van der Waals surface area (Å²) in [6.07, 6.45) is 5.12. The summed E-state index contributed by atoms with van der Waals surface area (Å²) in [6, 6.07) is 17.3. The number of aryl methyl sites for hydroxylation is 1. The molecule has 2 aromatic carbocycles. The number of sulfone groups is 1. The third-order valence-corrected chi connectivity index (χ3v) is 10.3. The van der Waals surface area contributed by atoms with Crippen LogP contribution in [0.5, 0.6) is 0 Å². The second-order valence-corrected chi connectivity index (χ2v) is 12.9. The van der Waals surface area contributed by atoms with Crippen molar-refractivity contribution in [3.05, 3.63) is 78.8 Å². The summed E-state index contributed by atoms with van der Waals surface area (Å²) in [6.45, 7) is 3.91. The number of hydrogen-bond donors (Lipinski definition) is 2. The normalized spacial score (nSPS) is 18.0.